The number of hydrogen-bond acceptors (Lipinski definition) is 6. The molecule has 1 aliphatic rings. The van der Waals surface area contributed by atoms with E-state index in [1.165, 1.54) is 0 Å². The highest BCUT2D eigenvalue weighted by Gasteiger charge is 2.15. The normalized spacial score (nSPS) is 15.4. The van der Waals surface area contributed by atoms with Crippen molar-refractivity contribution < 1.29 is 14.3 Å². The summed E-state index contributed by atoms with van der Waals surface area (Å²) < 4.78 is 4.91. The number of rotatable bonds is 5. The fourth-order valence-electron chi connectivity index (χ4n) is 2.37. The number of benzene rings is 1. The number of nitriles is 1. The zero-order chi connectivity index (χ0) is 18.2. The van der Waals surface area contributed by atoms with Gasteiger partial charge in [0.1, 0.15) is 11.6 Å². The summed E-state index contributed by atoms with van der Waals surface area (Å²) in [7, 11) is 2.04. The molecule has 0 aromatic heterocycles. The van der Waals surface area contributed by atoms with Crippen LogP contribution >= 0.6 is 0 Å². The Labute approximate surface area is 147 Å². The van der Waals surface area contributed by atoms with E-state index >= 15 is 0 Å². The molecular weight excluding hydrogens is 320 g/mol. The van der Waals surface area contributed by atoms with Gasteiger partial charge >= 0.3 is 5.97 Å². The Morgan fingerprint density at radius 1 is 1.24 bits per heavy atom. The molecule has 25 heavy (non-hydrogen) atoms. The van der Waals surface area contributed by atoms with Gasteiger partial charge in [0.05, 0.1) is 12.2 Å². The number of hydrogen-bond donors (Lipinski definition) is 1. The molecule has 7 heteroatoms. The van der Waals surface area contributed by atoms with Gasteiger partial charge in [-0.05, 0) is 38.2 Å². The van der Waals surface area contributed by atoms with Crippen molar-refractivity contribution in [3.8, 4) is 6.07 Å². The van der Waals surface area contributed by atoms with Crippen LogP contribution in [0.15, 0.2) is 36.0 Å². The van der Waals surface area contributed by atoms with E-state index in [0.29, 0.717) is 17.9 Å². The molecule has 0 radical (unpaired) electrons. The Balaban J connectivity index is 1.99. The van der Waals surface area contributed by atoms with Gasteiger partial charge in [-0.25, -0.2) is 4.79 Å². The van der Waals surface area contributed by atoms with E-state index in [0.717, 1.165) is 26.2 Å². The number of esters is 1. The lowest BCUT2D eigenvalue weighted by atomic mass is 10.2. The summed E-state index contributed by atoms with van der Waals surface area (Å²) in [5.41, 5.74) is 0.977. The number of amides is 1. The number of piperazine rings is 1. The lowest BCUT2D eigenvalue weighted by molar-refractivity contribution is -0.112. The predicted octanol–water partition coefficient (Wildman–Crippen LogP) is 1.46. The highest BCUT2D eigenvalue weighted by molar-refractivity contribution is 6.06. The molecule has 1 aromatic carbocycles. The minimum atomic E-state index is -0.467. The van der Waals surface area contributed by atoms with Crippen LogP contribution in [-0.4, -0.2) is 61.5 Å². The second-order valence-electron chi connectivity index (χ2n) is 5.75. The molecule has 1 heterocycles. The summed E-state index contributed by atoms with van der Waals surface area (Å²) in [4.78, 5) is 28.0. The van der Waals surface area contributed by atoms with Gasteiger partial charge in [0.2, 0.25) is 0 Å². The first-order valence-electron chi connectivity index (χ1n) is 8.16. The van der Waals surface area contributed by atoms with Crippen molar-refractivity contribution in [1.29, 1.82) is 5.26 Å². The average Bonchev–Trinajstić information content (AvgIpc) is 2.62. The molecular formula is C18H22N4O3. The van der Waals surface area contributed by atoms with Gasteiger partial charge < -0.3 is 19.9 Å². The topological polar surface area (TPSA) is 85.7 Å². The molecule has 0 bridgehead atoms. The number of carbonyl (C=O) groups is 2. The SMILES string of the molecule is CCOC(=O)c1ccc(NC(=O)/C(C#N)=C\N2CCN(C)CC2)cc1. The van der Waals surface area contributed by atoms with E-state index in [1.54, 1.807) is 37.4 Å². The zero-order valence-electron chi connectivity index (χ0n) is 14.5. The van der Waals surface area contributed by atoms with Crippen molar-refractivity contribution in [2.45, 2.75) is 6.92 Å². The fraction of sp³-hybridized carbons (Fsp3) is 0.389. The number of ether oxygens (including phenoxy) is 1. The fourth-order valence-corrected chi connectivity index (χ4v) is 2.37. The Bertz CT molecular complexity index is 683. The molecule has 0 aliphatic carbocycles. The highest BCUT2D eigenvalue weighted by atomic mass is 16.5. The van der Waals surface area contributed by atoms with Gasteiger partial charge in [-0.3, -0.25) is 4.79 Å². The molecule has 0 atom stereocenters. The van der Waals surface area contributed by atoms with E-state index in [4.69, 9.17) is 4.74 Å². The summed E-state index contributed by atoms with van der Waals surface area (Å²) in [5, 5.41) is 11.9. The maximum Gasteiger partial charge on any atom is 0.338 e. The Morgan fingerprint density at radius 3 is 2.44 bits per heavy atom. The molecule has 1 aromatic rings. The Kier molecular flexibility index (Phi) is 6.54. The molecule has 132 valence electrons. The highest BCUT2D eigenvalue weighted by Crippen LogP contribution is 2.12. The van der Waals surface area contributed by atoms with Gasteiger partial charge in [0, 0.05) is 38.1 Å². The van der Waals surface area contributed by atoms with Crippen LogP contribution in [-0.2, 0) is 9.53 Å². The van der Waals surface area contributed by atoms with Crippen LogP contribution in [0.1, 0.15) is 17.3 Å². The van der Waals surface area contributed by atoms with Crippen molar-refractivity contribution in [1.82, 2.24) is 9.80 Å². The van der Waals surface area contributed by atoms with E-state index in [-0.39, 0.29) is 5.57 Å². The van der Waals surface area contributed by atoms with Crippen molar-refractivity contribution >= 4 is 17.6 Å². The number of likely N-dealkylation sites (N-methyl/N-ethyl adjacent to an activating group) is 1. The summed E-state index contributed by atoms with van der Waals surface area (Å²) >= 11 is 0. The van der Waals surface area contributed by atoms with Gasteiger partial charge in [-0.1, -0.05) is 0 Å². The minimum absolute atomic E-state index is 0.0547. The maximum absolute atomic E-state index is 12.3. The molecule has 1 amide bonds. The van der Waals surface area contributed by atoms with E-state index in [9.17, 15) is 14.9 Å². The molecule has 2 rings (SSSR count). The third-order valence-electron chi connectivity index (χ3n) is 3.87. The number of nitrogens with one attached hydrogen (secondary N) is 1. The first-order chi connectivity index (χ1) is 12.0. The van der Waals surface area contributed by atoms with Crippen molar-refractivity contribution in [3.05, 3.63) is 41.6 Å². The molecule has 1 fully saturated rings. The minimum Gasteiger partial charge on any atom is -0.462 e. The second-order valence-corrected chi connectivity index (χ2v) is 5.75. The first-order valence-corrected chi connectivity index (χ1v) is 8.16. The molecule has 0 spiro atoms. The molecule has 7 nitrogen and oxygen atoms in total. The van der Waals surface area contributed by atoms with Crippen LogP contribution in [0.5, 0.6) is 0 Å². The van der Waals surface area contributed by atoms with Gasteiger partial charge in [-0.2, -0.15) is 5.26 Å². The van der Waals surface area contributed by atoms with Crippen LogP contribution in [0.3, 0.4) is 0 Å². The number of anilines is 1. The molecule has 0 saturated carbocycles. The lowest BCUT2D eigenvalue weighted by Gasteiger charge is -2.31. The Morgan fingerprint density at radius 2 is 1.88 bits per heavy atom. The van der Waals surface area contributed by atoms with Gasteiger partial charge in [0.15, 0.2) is 0 Å². The summed E-state index contributed by atoms with van der Waals surface area (Å²) in [6.07, 6.45) is 1.61. The van der Waals surface area contributed by atoms with Crippen LogP contribution < -0.4 is 5.32 Å². The third kappa shape index (κ3) is 5.33. The summed E-state index contributed by atoms with van der Waals surface area (Å²) in [6, 6.07) is 8.31. The van der Waals surface area contributed by atoms with Crippen LogP contribution in [0, 0.1) is 11.3 Å². The smallest absolute Gasteiger partial charge is 0.338 e. The van der Waals surface area contributed by atoms with Crippen molar-refractivity contribution in [3.63, 3.8) is 0 Å². The zero-order valence-corrected chi connectivity index (χ0v) is 14.5. The molecule has 1 saturated heterocycles. The average molecular weight is 342 g/mol. The lowest BCUT2D eigenvalue weighted by Crippen LogP contribution is -2.42. The van der Waals surface area contributed by atoms with Gasteiger partial charge in [-0.15, -0.1) is 0 Å². The Hall–Kier alpha value is -2.85. The van der Waals surface area contributed by atoms with Crippen LogP contribution in [0.2, 0.25) is 0 Å². The summed E-state index contributed by atoms with van der Waals surface area (Å²) in [5.74, 6) is -0.877. The second kappa shape index (κ2) is 8.85. The van der Waals surface area contributed by atoms with Crippen LogP contribution in [0.4, 0.5) is 5.69 Å². The van der Waals surface area contributed by atoms with E-state index < -0.39 is 11.9 Å². The van der Waals surface area contributed by atoms with Crippen LogP contribution in [0.25, 0.3) is 0 Å². The van der Waals surface area contributed by atoms with E-state index in [1.807, 2.05) is 18.0 Å². The predicted molar refractivity (Wildman–Crippen MR) is 93.8 cm³/mol. The first kappa shape index (κ1) is 18.5. The quantitative estimate of drug-likeness (QED) is 0.495. The number of nitrogens with zero attached hydrogens (tertiary/aromatic N) is 3. The molecule has 0 unspecified atom stereocenters. The standard InChI is InChI=1S/C18H22N4O3/c1-3-25-18(24)14-4-6-16(7-5-14)20-17(23)15(12-19)13-22-10-8-21(2)9-11-22/h4-7,13H,3,8-11H2,1-2H3,(H,20,23)/b15-13-. The molecule has 1 aliphatic heterocycles. The monoisotopic (exact) mass is 342 g/mol. The van der Waals surface area contributed by atoms with Crippen molar-refractivity contribution in [2.24, 2.45) is 0 Å². The largest absolute Gasteiger partial charge is 0.462 e. The van der Waals surface area contributed by atoms with E-state index in [2.05, 4.69) is 10.2 Å². The maximum atomic E-state index is 12.3. The third-order valence-corrected chi connectivity index (χ3v) is 3.87. The summed E-state index contributed by atoms with van der Waals surface area (Å²) in [6.45, 7) is 5.40. The van der Waals surface area contributed by atoms with Crippen molar-refractivity contribution in [2.75, 3.05) is 45.2 Å². The number of carbonyl (C=O) groups excluding carboxylic acids is 2. The molecule has 1 N–H and O–H groups in total. The van der Waals surface area contributed by atoms with Gasteiger partial charge in [0.25, 0.3) is 5.91 Å².